The fourth-order valence-electron chi connectivity index (χ4n) is 2.73. The van der Waals surface area contributed by atoms with Crippen molar-refractivity contribution < 1.29 is 28.6 Å². The third kappa shape index (κ3) is 5.51. The maximum absolute atomic E-state index is 12.5. The lowest BCUT2D eigenvalue weighted by Crippen LogP contribution is -2.36. The van der Waals surface area contributed by atoms with Crippen molar-refractivity contribution in [2.45, 2.75) is 12.8 Å². The standard InChI is InChI=1S/C19H26N2O6/c1-20-15-12-14(4-6-17(15)27-13-19(20)24)16(22)5-7-18(23)21(8-10-25-2)9-11-26-3/h4,6,12H,5,7-11,13H2,1-3H3. The molecule has 8 heteroatoms. The zero-order valence-electron chi connectivity index (χ0n) is 16.0. The highest BCUT2D eigenvalue weighted by molar-refractivity contribution is 6.02. The van der Waals surface area contributed by atoms with Gasteiger partial charge in [0, 0.05) is 52.8 Å². The van der Waals surface area contributed by atoms with Gasteiger partial charge in [-0.05, 0) is 18.2 Å². The third-order valence-electron chi connectivity index (χ3n) is 4.42. The second-order valence-corrected chi connectivity index (χ2v) is 6.21. The average molecular weight is 378 g/mol. The number of benzene rings is 1. The molecule has 1 aliphatic rings. The summed E-state index contributed by atoms with van der Waals surface area (Å²) in [5.41, 5.74) is 1.01. The van der Waals surface area contributed by atoms with Crippen molar-refractivity contribution in [3.63, 3.8) is 0 Å². The van der Waals surface area contributed by atoms with E-state index in [4.69, 9.17) is 14.2 Å². The summed E-state index contributed by atoms with van der Waals surface area (Å²) in [6.07, 6.45) is 0.196. The molecule has 0 aliphatic carbocycles. The molecule has 2 amide bonds. The van der Waals surface area contributed by atoms with Crippen molar-refractivity contribution in [3.05, 3.63) is 23.8 Å². The summed E-state index contributed by atoms with van der Waals surface area (Å²) in [7, 11) is 4.79. The lowest BCUT2D eigenvalue weighted by Gasteiger charge is -2.26. The fourth-order valence-corrected chi connectivity index (χ4v) is 2.73. The van der Waals surface area contributed by atoms with Crippen molar-refractivity contribution in [1.29, 1.82) is 0 Å². The predicted octanol–water partition coefficient (Wildman–Crippen LogP) is 1.13. The van der Waals surface area contributed by atoms with E-state index in [0.717, 1.165) is 0 Å². The van der Waals surface area contributed by atoms with E-state index < -0.39 is 0 Å². The number of ketones is 1. The van der Waals surface area contributed by atoms with Gasteiger partial charge in [-0.1, -0.05) is 0 Å². The van der Waals surface area contributed by atoms with E-state index in [-0.39, 0.29) is 37.0 Å². The zero-order valence-corrected chi connectivity index (χ0v) is 16.0. The molecule has 0 bridgehead atoms. The largest absolute Gasteiger partial charge is 0.482 e. The Kier molecular flexibility index (Phi) is 7.75. The van der Waals surface area contributed by atoms with Crippen LogP contribution in [0.25, 0.3) is 0 Å². The highest BCUT2D eigenvalue weighted by atomic mass is 16.5. The Morgan fingerprint density at radius 1 is 1.15 bits per heavy atom. The molecule has 0 radical (unpaired) electrons. The number of Topliss-reactive ketones (excluding diaryl/α,β-unsaturated/α-hetero) is 1. The molecule has 0 saturated carbocycles. The van der Waals surface area contributed by atoms with Crippen LogP contribution in [0.4, 0.5) is 5.69 Å². The Labute approximate surface area is 159 Å². The first kappa shape index (κ1) is 20.9. The Hall–Kier alpha value is -2.45. The summed E-state index contributed by atoms with van der Waals surface area (Å²) in [6.45, 7) is 1.75. The summed E-state index contributed by atoms with van der Waals surface area (Å²) in [4.78, 5) is 39.8. The molecule has 1 aromatic rings. The van der Waals surface area contributed by atoms with Gasteiger partial charge in [0.1, 0.15) is 5.75 Å². The van der Waals surface area contributed by atoms with Crippen molar-refractivity contribution in [1.82, 2.24) is 4.90 Å². The summed E-state index contributed by atoms with van der Waals surface area (Å²) >= 11 is 0. The lowest BCUT2D eigenvalue weighted by atomic mass is 10.0. The minimum Gasteiger partial charge on any atom is -0.482 e. The van der Waals surface area contributed by atoms with Crippen molar-refractivity contribution in [2.24, 2.45) is 0 Å². The van der Waals surface area contributed by atoms with Gasteiger partial charge in [0.05, 0.1) is 18.9 Å². The van der Waals surface area contributed by atoms with Gasteiger partial charge in [0.15, 0.2) is 12.4 Å². The van der Waals surface area contributed by atoms with Gasteiger partial charge in [-0.3, -0.25) is 14.4 Å². The van der Waals surface area contributed by atoms with Crippen LogP contribution in [0.5, 0.6) is 5.75 Å². The van der Waals surface area contributed by atoms with Crippen molar-refractivity contribution in [3.8, 4) is 5.75 Å². The Morgan fingerprint density at radius 3 is 2.44 bits per heavy atom. The molecular weight excluding hydrogens is 352 g/mol. The smallest absolute Gasteiger partial charge is 0.264 e. The quantitative estimate of drug-likeness (QED) is 0.568. The maximum Gasteiger partial charge on any atom is 0.264 e. The molecule has 27 heavy (non-hydrogen) atoms. The molecule has 0 unspecified atom stereocenters. The SMILES string of the molecule is COCCN(CCOC)C(=O)CCC(=O)c1ccc2c(c1)N(C)C(=O)CO2. The number of fused-ring (bicyclic) bond motifs is 1. The van der Waals surface area contributed by atoms with Gasteiger partial charge in [0.2, 0.25) is 5.91 Å². The van der Waals surface area contributed by atoms with Crippen LogP contribution in [-0.2, 0) is 19.1 Å². The number of rotatable bonds is 10. The number of carbonyl (C=O) groups is 3. The first-order valence-corrected chi connectivity index (χ1v) is 8.80. The van der Waals surface area contributed by atoms with E-state index in [2.05, 4.69) is 0 Å². The fraction of sp³-hybridized carbons (Fsp3) is 0.526. The van der Waals surface area contributed by atoms with Gasteiger partial charge in [-0.2, -0.15) is 0 Å². The molecule has 148 valence electrons. The predicted molar refractivity (Wildman–Crippen MR) is 99.2 cm³/mol. The minimum atomic E-state index is -0.172. The first-order chi connectivity index (χ1) is 13.0. The second kappa shape index (κ2) is 10.0. The van der Waals surface area contributed by atoms with Gasteiger partial charge in [0.25, 0.3) is 5.91 Å². The lowest BCUT2D eigenvalue weighted by molar-refractivity contribution is -0.132. The molecule has 1 aliphatic heterocycles. The number of nitrogens with zero attached hydrogens (tertiary/aromatic N) is 2. The second-order valence-electron chi connectivity index (χ2n) is 6.21. The number of anilines is 1. The Balaban J connectivity index is 1.98. The van der Waals surface area contributed by atoms with Crippen LogP contribution in [0.2, 0.25) is 0 Å². The van der Waals surface area contributed by atoms with Crippen LogP contribution in [-0.4, -0.2) is 76.7 Å². The van der Waals surface area contributed by atoms with Gasteiger partial charge < -0.3 is 24.0 Å². The van der Waals surface area contributed by atoms with E-state index in [9.17, 15) is 14.4 Å². The maximum atomic E-state index is 12.5. The van der Waals surface area contributed by atoms with Gasteiger partial charge >= 0.3 is 0 Å². The number of hydrogen-bond donors (Lipinski definition) is 0. The number of carbonyl (C=O) groups excluding carboxylic acids is 3. The molecule has 0 saturated heterocycles. The molecular formula is C19H26N2O6. The van der Waals surface area contributed by atoms with Gasteiger partial charge in [-0.25, -0.2) is 0 Å². The average Bonchev–Trinajstić information content (AvgIpc) is 2.68. The summed E-state index contributed by atoms with van der Waals surface area (Å²) in [6, 6.07) is 4.96. The van der Waals surface area contributed by atoms with E-state index in [1.165, 1.54) is 4.90 Å². The monoisotopic (exact) mass is 378 g/mol. The number of likely N-dealkylation sites (N-methyl/N-ethyl adjacent to an activating group) is 1. The molecule has 0 fully saturated rings. The molecule has 1 aromatic carbocycles. The Bertz CT molecular complexity index is 683. The number of hydrogen-bond acceptors (Lipinski definition) is 6. The van der Waals surface area contributed by atoms with Gasteiger partial charge in [-0.15, -0.1) is 0 Å². The third-order valence-corrected chi connectivity index (χ3v) is 4.42. The van der Waals surface area contributed by atoms with E-state index >= 15 is 0 Å². The molecule has 2 rings (SSSR count). The first-order valence-electron chi connectivity index (χ1n) is 8.80. The Morgan fingerprint density at radius 2 is 1.81 bits per heavy atom. The molecule has 0 aromatic heterocycles. The normalized spacial score (nSPS) is 13.1. The van der Waals surface area contributed by atoms with Crippen LogP contribution >= 0.6 is 0 Å². The summed E-state index contributed by atoms with van der Waals surface area (Å²) in [5, 5.41) is 0. The number of methoxy groups -OCH3 is 2. The zero-order chi connectivity index (χ0) is 19.8. The van der Waals surface area contributed by atoms with Crippen LogP contribution in [0.15, 0.2) is 18.2 Å². The highest BCUT2D eigenvalue weighted by Gasteiger charge is 2.23. The van der Waals surface area contributed by atoms with Crippen LogP contribution < -0.4 is 9.64 Å². The van der Waals surface area contributed by atoms with Crippen molar-refractivity contribution in [2.75, 3.05) is 59.1 Å². The van der Waals surface area contributed by atoms with E-state index in [1.807, 2.05) is 0 Å². The minimum absolute atomic E-state index is 0.00984. The molecule has 1 heterocycles. The highest BCUT2D eigenvalue weighted by Crippen LogP contribution is 2.32. The van der Waals surface area contributed by atoms with Crippen LogP contribution in [0.1, 0.15) is 23.2 Å². The van der Waals surface area contributed by atoms with E-state index in [1.54, 1.807) is 44.4 Å². The molecule has 8 nitrogen and oxygen atoms in total. The van der Waals surface area contributed by atoms with Crippen LogP contribution in [0.3, 0.4) is 0 Å². The van der Waals surface area contributed by atoms with E-state index in [0.29, 0.717) is 43.3 Å². The topological polar surface area (TPSA) is 85.4 Å². The van der Waals surface area contributed by atoms with Crippen molar-refractivity contribution >= 4 is 23.3 Å². The summed E-state index contributed by atoms with van der Waals surface area (Å²) in [5.74, 6) is 0.117. The number of amides is 2. The number of ether oxygens (including phenoxy) is 3. The molecule has 0 atom stereocenters. The molecule has 0 N–H and O–H groups in total. The van der Waals surface area contributed by atoms with Crippen LogP contribution in [0, 0.1) is 0 Å². The molecule has 0 spiro atoms. The summed E-state index contributed by atoms with van der Waals surface area (Å²) < 4.78 is 15.4.